The van der Waals surface area contributed by atoms with Gasteiger partial charge in [0.15, 0.2) is 0 Å². The molecule has 0 aromatic rings. The summed E-state index contributed by atoms with van der Waals surface area (Å²) in [6, 6.07) is 0. The molecule has 0 radical (unpaired) electrons. The molecule has 0 spiro atoms. The van der Waals surface area contributed by atoms with Crippen molar-refractivity contribution < 1.29 is 9.90 Å². The standard InChI is InChI=1S/C6H7ClO2S/c1-3(2)4(7)5(10)6(8)9/h10H,1H2,2H3,(H,8,9)/b5-4+. The van der Waals surface area contributed by atoms with Gasteiger partial charge in [0, 0.05) is 0 Å². The Hall–Kier alpha value is -0.410. The number of carboxylic acid groups (broad SMARTS) is 1. The summed E-state index contributed by atoms with van der Waals surface area (Å²) < 4.78 is 0. The molecule has 0 rings (SSSR count). The van der Waals surface area contributed by atoms with E-state index in [0.717, 1.165) is 0 Å². The molecule has 56 valence electrons. The topological polar surface area (TPSA) is 37.3 Å². The lowest BCUT2D eigenvalue weighted by atomic mass is 10.3. The highest BCUT2D eigenvalue weighted by molar-refractivity contribution is 7.85. The van der Waals surface area contributed by atoms with Crippen molar-refractivity contribution in [3.63, 3.8) is 0 Å². The second-order valence-corrected chi connectivity index (χ2v) is 2.57. The van der Waals surface area contributed by atoms with E-state index in [4.69, 9.17) is 16.7 Å². The lowest BCUT2D eigenvalue weighted by Gasteiger charge is -1.97. The van der Waals surface area contributed by atoms with E-state index in [9.17, 15) is 4.79 Å². The highest BCUT2D eigenvalue weighted by Crippen LogP contribution is 2.19. The zero-order valence-electron chi connectivity index (χ0n) is 5.39. The van der Waals surface area contributed by atoms with Crippen molar-refractivity contribution >= 4 is 30.2 Å². The average Bonchev–Trinajstić information content (AvgIpc) is 1.84. The van der Waals surface area contributed by atoms with Crippen LogP contribution in [0.2, 0.25) is 0 Å². The number of carboxylic acids is 1. The minimum Gasteiger partial charge on any atom is -0.477 e. The van der Waals surface area contributed by atoms with Crippen molar-refractivity contribution in [2.45, 2.75) is 6.92 Å². The van der Waals surface area contributed by atoms with Gasteiger partial charge in [-0.25, -0.2) is 4.79 Å². The van der Waals surface area contributed by atoms with Gasteiger partial charge in [0.2, 0.25) is 0 Å². The summed E-state index contributed by atoms with van der Waals surface area (Å²) in [7, 11) is 0. The predicted molar refractivity (Wildman–Crippen MR) is 44.3 cm³/mol. The Kier molecular flexibility index (Phi) is 3.53. The molecule has 0 aliphatic carbocycles. The van der Waals surface area contributed by atoms with Gasteiger partial charge in [-0.3, -0.25) is 0 Å². The molecule has 4 heteroatoms. The van der Waals surface area contributed by atoms with Gasteiger partial charge in [-0.1, -0.05) is 18.2 Å². The molecule has 0 unspecified atom stereocenters. The van der Waals surface area contributed by atoms with Crippen LogP contribution in [0.3, 0.4) is 0 Å². The number of hydrogen-bond donors (Lipinski definition) is 2. The van der Waals surface area contributed by atoms with Crippen LogP contribution in [0, 0.1) is 0 Å². The molecule has 1 N–H and O–H groups in total. The summed E-state index contributed by atoms with van der Waals surface area (Å²) in [6.07, 6.45) is 0. The van der Waals surface area contributed by atoms with Gasteiger partial charge >= 0.3 is 5.97 Å². The van der Waals surface area contributed by atoms with Crippen LogP contribution in [-0.4, -0.2) is 11.1 Å². The zero-order valence-corrected chi connectivity index (χ0v) is 7.04. The Labute approximate surface area is 69.6 Å². The van der Waals surface area contributed by atoms with Crippen molar-refractivity contribution in [2.75, 3.05) is 0 Å². The highest BCUT2D eigenvalue weighted by atomic mass is 35.5. The van der Waals surface area contributed by atoms with Gasteiger partial charge in [-0.05, 0) is 12.5 Å². The molecule has 0 bridgehead atoms. The van der Waals surface area contributed by atoms with Crippen LogP contribution in [0.25, 0.3) is 0 Å². The SMILES string of the molecule is C=C(C)/C(Cl)=C(\S)C(=O)O. The molecule has 0 heterocycles. The molecular weight excluding hydrogens is 172 g/mol. The van der Waals surface area contributed by atoms with Crippen LogP contribution in [-0.2, 0) is 4.79 Å². The first-order valence-corrected chi connectivity index (χ1v) is 3.27. The molecule has 10 heavy (non-hydrogen) atoms. The third-order valence-corrected chi connectivity index (χ3v) is 1.84. The van der Waals surface area contributed by atoms with Crippen LogP contribution in [0.5, 0.6) is 0 Å². The van der Waals surface area contributed by atoms with Crippen LogP contribution in [0.15, 0.2) is 22.1 Å². The predicted octanol–water partition coefficient (Wildman–Crippen LogP) is 2.03. The van der Waals surface area contributed by atoms with Gasteiger partial charge in [-0.15, -0.1) is 12.6 Å². The molecule has 0 fully saturated rings. The quantitative estimate of drug-likeness (QED) is 0.386. The fraction of sp³-hybridized carbons (Fsp3) is 0.167. The number of thiol groups is 1. The highest BCUT2D eigenvalue weighted by Gasteiger charge is 2.07. The number of rotatable bonds is 2. The molecule has 0 amide bonds. The lowest BCUT2D eigenvalue weighted by Crippen LogP contribution is -1.96. The maximum Gasteiger partial charge on any atom is 0.343 e. The van der Waals surface area contributed by atoms with Crippen molar-refractivity contribution in [1.29, 1.82) is 0 Å². The van der Waals surface area contributed by atoms with Gasteiger partial charge < -0.3 is 5.11 Å². The fourth-order valence-corrected chi connectivity index (χ4v) is 0.568. The average molecular weight is 179 g/mol. The van der Waals surface area contributed by atoms with Gasteiger partial charge in [-0.2, -0.15) is 0 Å². The van der Waals surface area contributed by atoms with Crippen molar-refractivity contribution in [3.8, 4) is 0 Å². The lowest BCUT2D eigenvalue weighted by molar-refractivity contribution is -0.131. The Bertz CT molecular complexity index is 186. The normalized spacial score (nSPS) is 12.3. The number of hydrogen-bond acceptors (Lipinski definition) is 2. The summed E-state index contributed by atoms with van der Waals surface area (Å²) in [5, 5.41) is 8.43. The summed E-state index contributed by atoms with van der Waals surface area (Å²) in [6.45, 7) is 5.07. The number of carbonyl (C=O) groups is 1. The largest absolute Gasteiger partial charge is 0.477 e. The van der Waals surface area contributed by atoms with Gasteiger partial charge in [0.05, 0.1) is 5.03 Å². The zero-order chi connectivity index (χ0) is 8.31. The Morgan fingerprint density at radius 3 is 2.20 bits per heavy atom. The summed E-state index contributed by atoms with van der Waals surface area (Å²) in [4.78, 5) is 10.0. The van der Waals surface area contributed by atoms with E-state index in [-0.39, 0.29) is 9.94 Å². The molecule has 0 aliphatic heterocycles. The van der Waals surface area contributed by atoms with E-state index in [1.54, 1.807) is 6.92 Å². The van der Waals surface area contributed by atoms with Gasteiger partial charge in [0.1, 0.15) is 4.91 Å². The number of allylic oxidation sites excluding steroid dienone is 2. The molecule has 0 saturated heterocycles. The summed E-state index contributed by atoms with van der Waals surface area (Å²) in [5.41, 5.74) is 0.495. The van der Waals surface area contributed by atoms with Crippen molar-refractivity contribution in [1.82, 2.24) is 0 Å². The molecule has 0 aliphatic rings. The molecule has 2 nitrogen and oxygen atoms in total. The Balaban J connectivity index is 4.67. The molecule has 0 aromatic heterocycles. The van der Waals surface area contributed by atoms with E-state index < -0.39 is 5.97 Å². The second kappa shape index (κ2) is 3.68. The van der Waals surface area contributed by atoms with E-state index in [1.165, 1.54) is 0 Å². The number of halogens is 1. The molecular formula is C6H7ClO2S. The van der Waals surface area contributed by atoms with Crippen LogP contribution < -0.4 is 0 Å². The van der Waals surface area contributed by atoms with Crippen molar-refractivity contribution in [2.24, 2.45) is 0 Å². The summed E-state index contributed by atoms with van der Waals surface area (Å²) >= 11 is 9.13. The van der Waals surface area contributed by atoms with E-state index in [2.05, 4.69) is 19.2 Å². The molecule has 0 saturated carbocycles. The summed E-state index contributed by atoms with van der Waals surface area (Å²) in [5.74, 6) is -1.14. The Morgan fingerprint density at radius 2 is 2.10 bits per heavy atom. The van der Waals surface area contributed by atoms with Crippen molar-refractivity contribution in [3.05, 3.63) is 22.1 Å². The Morgan fingerprint density at radius 1 is 1.70 bits per heavy atom. The van der Waals surface area contributed by atoms with E-state index >= 15 is 0 Å². The third-order valence-electron chi connectivity index (χ3n) is 0.785. The third kappa shape index (κ3) is 2.45. The minimum atomic E-state index is -1.14. The molecule has 0 atom stereocenters. The smallest absolute Gasteiger partial charge is 0.343 e. The van der Waals surface area contributed by atoms with E-state index in [0.29, 0.717) is 5.57 Å². The fourth-order valence-electron chi connectivity index (χ4n) is 0.296. The second-order valence-electron chi connectivity index (χ2n) is 1.75. The van der Waals surface area contributed by atoms with Crippen LogP contribution >= 0.6 is 24.2 Å². The van der Waals surface area contributed by atoms with Gasteiger partial charge in [0.25, 0.3) is 0 Å². The number of aliphatic carboxylic acids is 1. The first-order valence-electron chi connectivity index (χ1n) is 2.44. The van der Waals surface area contributed by atoms with Crippen LogP contribution in [0.1, 0.15) is 6.92 Å². The first kappa shape index (κ1) is 9.59. The maximum absolute atomic E-state index is 10.2. The minimum absolute atomic E-state index is 0.0934. The monoisotopic (exact) mass is 178 g/mol. The maximum atomic E-state index is 10.2. The first-order chi connectivity index (χ1) is 4.46. The van der Waals surface area contributed by atoms with E-state index in [1.807, 2.05) is 0 Å². The van der Waals surface area contributed by atoms with Crippen LogP contribution in [0.4, 0.5) is 0 Å². The molecule has 0 aromatic carbocycles.